The average molecular weight is 780 g/mol. The van der Waals surface area contributed by atoms with Gasteiger partial charge in [-0.1, -0.05) is 41.4 Å². The summed E-state index contributed by atoms with van der Waals surface area (Å²) in [5, 5.41) is 12.7. The number of ether oxygens (including phenoxy) is 4. The van der Waals surface area contributed by atoms with E-state index in [4.69, 9.17) is 42.1 Å². The topological polar surface area (TPSA) is 141 Å². The highest BCUT2D eigenvalue weighted by molar-refractivity contribution is 7.90. The van der Waals surface area contributed by atoms with E-state index in [1.54, 1.807) is 31.4 Å². The Balaban J connectivity index is 1.42. The Labute approximate surface area is 316 Å². The number of aryl methyl sites for hydroxylation is 2. The third-order valence-electron chi connectivity index (χ3n) is 8.39. The first kappa shape index (κ1) is 41.1. The van der Waals surface area contributed by atoms with Gasteiger partial charge < -0.3 is 34.3 Å². The highest BCUT2D eigenvalue weighted by atomic mass is 35.5. The van der Waals surface area contributed by atoms with Crippen LogP contribution in [-0.4, -0.2) is 88.6 Å². The molecule has 284 valence electrons. The van der Waals surface area contributed by atoms with Gasteiger partial charge in [0.25, 0.3) is 0 Å². The van der Waals surface area contributed by atoms with E-state index in [2.05, 4.69) is 11.4 Å². The Morgan fingerprint density at radius 3 is 2.17 bits per heavy atom. The number of nitrogens with one attached hydrogen (secondary N) is 1. The monoisotopic (exact) mass is 778 g/mol. The molecular formula is C38H48Cl2N2O9S. The number of sulfone groups is 1. The zero-order chi connectivity index (χ0) is 37.7. The van der Waals surface area contributed by atoms with Crippen molar-refractivity contribution in [1.82, 2.24) is 10.2 Å². The van der Waals surface area contributed by atoms with E-state index in [1.807, 2.05) is 36.1 Å². The van der Waals surface area contributed by atoms with Crippen molar-refractivity contribution in [2.24, 2.45) is 5.92 Å². The van der Waals surface area contributed by atoms with Gasteiger partial charge in [-0.25, -0.2) is 13.2 Å². The molecule has 1 aliphatic carbocycles. The summed E-state index contributed by atoms with van der Waals surface area (Å²) in [5.41, 5.74) is 3.70. The highest BCUT2D eigenvalue weighted by Crippen LogP contribution is 2.34. The molecule has 1 aliphatic rings. The second-order valence-electron chi connectivity index (χ2n) is 13.1. The molecule has 1 unspecified atom stereocenters. The van der Waals surface area contributed by atoms with Crippen LogP contribution < -0.4 is 19.5 Å². The standard InChI is InChI=1S/C38H48Cl2N2O9S/c1-26-18-34(39)36(35(40)19-26)51-16-15-50-32-11-7-27(8-12-32)21-30(24-41-38(44)45)37(43)42(31-9-10-31)25-29-20-28(6-4-13-48-2)22-33(23-29)49-14-5-17-52(3,46)47/h7-8,11-12,18-20,22-23,30-31,41H,4-6,9-10,13-17,21,24-25H2,1-3H3,(H,44,45). The Bertz CT molecular complexity index is 1730. The van der Waals surface area contributed by atoms with Gasteiger partial charge in [-0.3, -0.25) is 4.79 Å². The SMILES string of the molecule is COCCCc1cc(CN(C(=O)C(CNC(=O)O)Cc2ccc(OCCOc3c(Cl)cc(C)cc3Cl)cc2)C2CC2)cc(OCCCS(C)(=O)=O)c1. The van der Waals surface area contributed by atoms with Gasteiger partial charge in [0.05, 0.1) is 28.3 Å². The fourth-order valence-electron chi connectivity index (χ4n) is 5.78. The maximum Gasteiger partial charge on any atom is 0.404 e. The van der Waals surface area contributed by atoms with E-state index in [0.29, 0.717) is 53.3 Å². The first-order chi connectivity index (χ1) is 24.8. The number of carboxylic acid groups (broad SMARTS) is 1. The van der Waals surface area contributed by atoms with Crippen LogP contribution in [-0.2, 0) is 38.8 Å². The van der Waals surface area contributed by atoms with Gasteiger partial charge in [-0.15, -0.1) is 0 Å². The van der Waals surface area contributed by atoms with Crippen molar-refractivity contribution < 1.29 is 42.1 Å². The predicted molar refractivity (Wildman–Crippen MR) is 202 cm³/mol. The zero-order valence-electron chi connectivity index (χ0n) is 29.9. The molecule has 3 aromatic carbocycles. The minimum atomic E-state index is -3.10. The lowest BCUT2D eigenvalue weighted by Gasteiger charge is -2.28. The van der Waals surface area contributed by atoms with Gasteiger partial charge in [0.2, 0.25) is 5.91 Å². The van der Waals surface area contributed by atoms with Crippen molar-refractivity contribution >= 4 is 45.0 Å². The summed E-state index contributed by atoms with van der Waals surface area (Å²) in [6, 6.07) is 16.8. The number of carbonyl (C=O) groups is 2. The van der Waals surface area contributed by atoms with Crippen LogP contribution in [0.25, 0.3) is 0 Å². The molecule has 14 heteroatoms. The molecule has 4 rings (SSSR count). The van der Waals surface area contributed by atoms with Gasteiger partial charge >= 0.3 is 6.09 Å². The van der Waals surface area contributed by atoms with Gasteiger partial charge in [0, 0.05) is 39.1 Å². The maximum absolute atomic E-state index is 14.2. The van der Waals surface area contributed by atoms with Gasteiger partial charge in [0.15, 0.2) is 5.75 Å². The molecule has 0 spiro atoms. The Morgan fingerprint density at radius 1 is 0.885 bits per heavy atom. The van der Waals surface area contributed by atoms with Crippen LogP contribution in [0, 0.1) is 12.8 Å². The smallest absolute Gasteiger partial charge is 0.404 e. The summed E-state index contributed by atoms with van der Waals surface area (Å²) < 4.78 is 45.9. The van der Waals surface area contributed by atoms with Gasteiger partial charge in [-0.2, -0.15) is 0 Å². The van der Waals surface area contributed by atoms with Crippen LogP contribution in [0.3, 0.4) is 0 Å². The quantitative estimate of drug-likeness (QED) is 0.106. The van der Waals surface area contributed by atoms with Crippen molar-refractivity contribution in [3.05, 3.63) is 86.9 Å². The van der Waals surface area contributed by atoms with Gasteiger partial charge in [0.1, 0.15) is 34.6 Å². The normalized spacial score (nSPS) is 13.3. The van der Waals surface area contributed by atoms with Crippen molar-refractivity contribution in [1.29, 1.82) is 0 Å². The van der Waals surface area contributed by atoms with Crippen LogP contribution in [0.1, 0.15) is 47.9 Å². The summed E-state index contributed by atoms with van der Waals surface area (Å²) in [7, 11) is -1.44. The van der Waals surface area contributed by atoms with E-state index < -0.39 is 21.8 Å². The lowest BCUT2D eigenvalue weighted by atomic mass is 9.97. The van der Waals surface area contributed by atoms with Crippen LogP contribution in [0.4, 0.5) is 4.79 Å². The number of methoxy groups -OCH3 is 1. The first-order valence-electron chi connectivity index (χ1n) is 17.3. The molecule has 11 nitrogen and oxygen atoms in total. The largest absolute Gasteiger partial charge is 0.494 e. The lowest BCUT2D eigenvalue weighted by molar-refractivity contribution is -0.136. The Kier molecular flexibility index (Phi) is 15.7. The number of hydrogen-bond donors (Lipinski definition) is 2. The van der Waals surface area contributed by atoms with E-state index in [9.17, 15) is 23.1 Å². The summed E-state index contributed by atoms with van der Waals surface area (Å²) in [6.45, 7) is 3.51. The number of rotatable bonds is 22. The number of halogens is 2. The van der Waals surface area contributed by atoms with E-state index in [1.165, 1.54) is 6.26 Å². The Morgan fingerprint density at radius 2 is 1.54 bits per heavy atom. The van der Waals surface area contributed by atoms with Crippen LogP contribution in [0.5, 0.6) is 17.2 Å². The van der Waals surface area contributed by atoms with E-state index >= 15 is 0 Å². The number of nitrogens with zero attached hydrogens (tertiary/aromatic N) is 1. The molecule has 2 N–H and O–H groups in total. The molecular weight excluding hydrogens is 731 g/mol. The molecule has 3 aromatic rings. The second-order valence-corrected chi connectivity index (χ2v) is 16.2. The third-order valence-corrected chi connectivity index (χ3v) is 9.98. The summed E-state index contributed by atoms with van der Waals surface area (Å²) >= 11 is 12.5. The third kappa shape index (κ3) is 14.0. The fourth-order valence-corrected chi connectivity index (χ4v) is 7.12. The average Bonchev–Trinajstić information content (AvgIpc) is 3.92. The van der Waals surface area contributed by atoms with E-state index in [0.717, 1.165) is 47.9 Å². The van der Waals surface area contributed by atoms with Crippen LogP contribution in [0.2, 0.25) is 10.0 Å². The van der Waals surface area contributed by atoms with Crippen molar-refractivity contribution in [3.8, 4) is 17.2 Å². The molecule has 0 heterocycles. The minimum absolute atomic E-state index is 0.0355. The van der Waals surface area contributed by atoms with Crippen molar-refractivity contribution in [3.63, 3.8) is 0 Å². The molecule has 0 radical (unpaired) electrons. The van der Waals surface area contributed by atoms with E-state index in [-0.39, 0.29) is 44.1 Å². The minimum Gasteiger partial charge on any atom is -0.494 e. The van der Waals surface area contributed by atoms with Crippen LogP contribution in [0.15, 0.2) is 54.6 Å². The fraction of sp³-hybridized carbons (Fsp3) is 0.474. The van der Waals surface area contributed by atoms with Crippen molar-refractivity contribution in [2.45, 2.75) is 58.0 Å². The molecule has 1 fully saturated rings. The molecule has 1 saturated carbocycles. The molecule has 1 atom stereocenters. The summed E-state index contributed by atoms with van der Waals surface area (Å²) in [5.74, 6) is 0.888. The van der Waals surface area contributed by atoms with Gasteiger partial charge in [-0.05, 0) is 104 Å². The van der Waals surface area contributed by atoms with Crippen molar-refractivity contribution in [2.75, 3.05) is 52.1 Å². The molecule has 52 heavy (non-hydrogen) atoms. The highest BCUT2D eigenvalue weighted by Gasteiger charge is 2.36. The molecule has 0 aliphatic heterocycles. The molecule has 0 bridgehead atoms. The maximum atomic E-state index is 14.2. The summed E-state index contributed by atoms with van der Waals surface area (Å²) in [4.78, 5) is 27.5. The van der Waals surface area contributed by atoms with Crippen LogP contribution >= 0.6 is 23.2 Å². The summed E-state index contributed by atoms with van der Waals surface area (Å²) in [6.07, 6.45) is 3.97. The molecule has 2 amide bonds. The number of hydrogen-bond acceptors (Lipinski definition) is 8. The number of benzene rings is 3. The lowest BCUT2D eigenvalue weighted by Crippen LogP contribution is -2.43. The number of amides is 2. The number of carbonyl (C=O) groups excluding carboxylic acids is 1. The zero-order valence-corrected chi connectivity index (χ0v) is 32.2. The molecule has 0 saturated heterocycles. The Hall–Kier alpha value is -3.71. The molecule has 0 aromatic heterocycles. The first-order valence-corrected chi connectivity index (χ1v) is 20.1. The predicted octanol–water partition coefficient (Wildman–Crippen LogP) is 6.77. The second kappa shape index (κ2) is 19.9.